The smallest absolute Gasteiger partial charge is 0.0542 e. The van der Waals surface area contributed by atoms with Gasteiger partial charge in [-0.05, 0) is 25.1 Å². The molecule has 0 bridgehead atoms. The van der Waals surface area contributed by atoms with Crippen LogP contribution in [0.5, 0.6) is 0 Å². The van der Waals surface area contributed by atoms with E-state index in [-0.39, 0.29) is 0 Å². The highest BCUT2D eigenvalue weighted by Crippen LogP contribution is 2.13. The molecule has 1 N–H and O–H groups in total. The van der Waals surface area contributed by atoms with Crippen molar-refractivity contribution in [1.82, 2.24) is 9.78 Å². The van der Waals surface area contributed by atoms with Crippen molar-refractivity contribution in [3.05, 3.63) is 47.3 Å². The van der Waals surface area contributed by atoms with Gasteiger partial charge in [0.15, 0.2) is 0 Å². The van der Waals surface area contributed by atoms with E-state index in [1.165, 1.54) is 11.3 Å². The summed E-state index contributed by atoms with van der Waals surface area (Å²) in [5.41, 5.74) is 4.28. The van der Waals surface area contributed by atoms with Gasteiger partial charge in [-0.2, -0.15) is 5.10 Å². The molecule has 2 aromatic rings. The summed E-state index contributed by atoms with van der Waals surface area (Å²) < 4.78 is 1.87. The molecule has 86 valence electrons. The molecule has 0 fully saturated rings. The molecule has 0 unspecified atom stereocenters. The summed E-state index contributed by atoms with van der Waals surface area (Å²) in [6, 6.07) is 7.84. The Morgan fingerprint density at radius 3 is 2.94 bits per heavy atom. The summed E-state index contributed by atoms with van der Waals surface area (Å²) in [5, 5.41) is 7.55. The lowest BCUT2D eigenvalue weighted by Gasteiger charge is -2.06. The molecule has 3 heteroatoms. The number of anilines is 1. The quantitative estimate of drug-likeness (QED) is 0.812. The third-order valence-electron chi connectivity index (χ3n) is 2.85. The van der Waals surface area contributed by atoms with Crippen molar-refractivity contribution in [3.63, 3.8) is 0 Å². The zero-order valence-corrected chi connectivity index (χ0v) is 10.1. The predicted molar refractivity (Wildman–Crippen MR) is 69.6 cm³/mol. The van der Waals surface area contributed by atoms with Crippen molar-refractivity contribution in [3.8, 4) is 12.3 Å². The second-order valence-corrected chi connectivity index (χ2v) is 3.96. The molecule has 2 rings (SSSR count). The number of terminal acetylenes is 1. The standard InChI is InChI=1S/C14H15N3/c1-4-12-6-5-7-14(8-12)15-9-13-10-16-17(3)11(13)2/h1,5-8,10,15H,9H2,2-3H3. The largest absolute Gasteiger partial charge is 0.381 e. The predicted octanol–water partition coefficient (Wildman–Crippen LogP) is 2.32. The summed E-state index contributed by atoms with van der Waals surface area (Å²) in [6.07, 6.45) is 7.24. The van der Waals surface area contributed by atoms with Crippen LogP contribution in [0.3, 0.4) is 0 Å². The molecule has 1 aromatic carbocycles. The van der Waals surface area contributed by atoms with Gasteiger partial charge in [0.1, 0.15) is 0 Å². The molecule has 3 nitrogen and oxygen atoms in total. The van der Waals surface area contributed by atoms with Gasteiger partial charge < -0.3 is 5.32 Å². The van der Waals surface area contributed by atoms with Crippen molar-refractivity contribution >= 4 is 5.69 Å². The van der Waals surface area contributed by atoms with Gasteiger partial charge in [-0.3, -0.25) is 4.68 Å². The van der Waals surface area contributed by atoms with Crippen molar-refractivity contribution in [1.29, 1.82) is 0 Å². The van der Waals surface area contributed by atoms with Crippen molar-refractivity contribution in [2.24, 2.45) is 7.05 Å². The topological polar surface area (TPSA) is 29.9 Å². The average Bonchev–Trinajstić information content (AvgIpc) is 2.68. The molecule has 17 heavy (non-hydrogen) atoms. The van der Waals surface area contributed by atoms with E-state index in [0.717, 1.165) is 17.8 Å². The Bertz CT molecular complexity index is 561. The van der Waals surface area contributed by atoms with Gasteiger partial charge in [-0.15, -0.1) is 6.42 Å². The molecular formula is C14H15N3. The Hall–Kier alpha value is -2.21. The van der Waals surface area contributed by atoms with Crippen LogP contribution in [0.15, 0.2) is 30.5 Å². The minimum Gasteiger partial charge on any atom is -0.381 e. The fourth-order valence-electron chi connectivity index (χ4n) is 1.63. The molecule has 0 radical (unpaired) electrons. The van der Waals surface area contributed by atoms with Crippen LogP contribution < -0.4 is 5.32 Å². The lowest BCUT2D eigenvalue weighted by Crippen LogP contribution is -2.01. The van der Waals surface area contributed by atoms with Gasteiger partial charge in [0.05, 0.1) is 6.20 Å². The van der Waals surface area contributed by atoms with Gasteiger partial charge in [-0.1, -0.05) is 12.0 Å². The van der Waals surface area contributed by atoms with Crippen LogP contribution in [0.2, 0.25) is 0 Å². The van der Waals surface area contributed by atoms with Gasteiger partial charge in [0.25, 0.3) is 0 Å². The van der Waals surface area contributed by atoms with E-state index in [0.29, 0.717) is 0 Å². The van der Waals surface area contributed by atoms with E-state index in [1.807, 2.05) is 42.2 Å². The minimum absolute atomic E-state index is 0.758. The lowest BCUT2D eigenvalue weighted by molar-refractivity contribution is 0.738. The molecule has 1 heterocycles. The first-order valence-corrected chi connectivity index (χ1v) is 5.48. The first-order valence-electron chi connectivity index (χ1n) is 5.48. The molecule has 0 aliphatic carbocycles. The van der Waals surface area contributed by atoms with E-state index >= 15 is 0 Å². The first kappa shape index (κ1) is 11.3. The Kier molecular flexibility index (Phi) is 3.15. The number of rotatable bonds is 3. The number of nitrogens with zero attached hydrogens (tertiary/aromatic N) is 2. The lowest BCUT2D eigenvalue weighted by atomic mass is 10.2. The van der Waals surface area contributed by atoms with Crippen LogP contribution in [0.4, 0.5) is 5.69 Å². The van der Waals surface area contributed by atoms with Crippen molar-refractivity contribution in [2.45, 2.75) is 13.5 Å². The SMILES string of the molecule is C#Cc1cccc(NCc2cnn(C)c2C)c1. The Balaban J connectivity index is 2.07. The Morgan fingerprint density at radius 1 is 1.47 bits per heavy atom. The molecule has 0 saturated heterocycles. The maximum absolute atomic E-state index is 5.36. The summed E-state index contributed by atoms with van der Waals surface area (Å²) in [6.45, 7) is 2.82. The van der Waals surface area contributed by atoms with Crippen LogP contribution in [0.1, 0.15) is 16.8 Å². The molecule has 0 amide bonds. The molecule has 0 aliphatic rings. The number of aromatic nitrogens is 2. The minimum atomic E-state index is 0.758. The third kappa shape index (κ3) is 2.48. The number of benzene rings is 1. The summed E-state index contributed by atoms with van der Waals surface area (Å²) >= 11 is 0. The second kappa shape index (κ2) is 4.75. The van der Waals surface area contributed by atoms with Gasteiger partial charge in [0, 0.05) is 36.1 Å². The molecule has 0 aliphatic heterocycles. The number of nitrogens with one attached hydrogen (secondary N) is 1. The van der Waals surface area contributed by atoms with Gasteiger partial charge >= 0.3 is 0 Å². The van der Waals surface area contributed by atoms with Crippen LogP contribution in [-0.4, -0.2) is 9.78 Å². The number of hydrogen-bond donors (Lipinski definition) is 1. The van der Waals surface area contributed by atoms with Gasteiger partial charge in [0.2, 0.25) is 0 Å². The highest BCUT2D eigenvalue weighted by Gasteiger charge is 2.02. The number of aryl methyl sites for hydroxylation is 1. The highest BCUT2D eigenvalue weighted by molar-refractivity contribution is 5.50. The highest BCUT2D eigenvalue weighted by atomic mass is 15.3. The normalized spacial score (nSPS) is 9.94. The van der Waals surface area contributed by atoms with Crippen molar-refractivity contribution < 1.29 is 0 Å². The molecule has 0 spiro atoms. The molecular weight excluding hydrogens is 210 g/mol. The van der Waals surface area contributed by atoms with Crippen LogP contribution in [0.25, 0.3) is 0 Å². The summed E-state index contributed by atoms with van der Waals surface area (Å²) in [5.74, 6) is 2.62. The fourth-order valence-corrected chi connectivity index (χ4v) is 1.63. The number of hydrogen-bond acceptors (Lipinski definition) is 2. The molecule has 1 aromatic heterocycles. The van der Waals surface area contributed by atoms with E-state index in [4.69, 9.17) is 6.42 Å². The Morgan fingerprint density at radius 2 is 2.29 bits per heavy atom. The van der Waals surface area contributed by atoms with E-state index < -0.39 is 0 Å². The zero-order valence-electron chi connectivity index (χ0n) is 10.1. The zero-order chi connectivity index (χ0) is 12.3. The molecule has 0 saturated carbocycles. The third-order valence-corrected chi connectivity index (χ3v) is 2.85. The Labute approximate surface area is 101 Å². The second-order valence-electron chi connectivity index (χ2n) is 3.96. The van der Waals surface area contributed by atoms with E-state index in [1.54, 1.807) is 0 Å². The van der Waals surface area contributed by atoms with Crippen LogP contribution in [-0.2, 0) is 13.6 Å². The van der Waals surface area contributed by atoms with Crippen molar-refractivity contribution in [2.75, 3.05) is 5.32 Å². The maximum atomic E-state index is 5.36. The van der Waals surface area contributed by atoms with Gasteiger partial charge in [-0.25, -0.2) is 0 Å². The summed E-state index contributed by atoms with van der Waals surface area (Å²) in [7, 11) is 1.94. The first-order chi connectivity index (χ1) is 8.20. The van der Waals surface area contributed by atoms with E-state index in [2.05, 4.69) is 23.3 Å². The summed E-state index contributed by atoms with van der Waals surface area (Å²) in [4.78, 5) is 0. The average molecular weight is 225 g/mol. The van der Waals surface area contributed by atoms with E-state index in [9.17, 15) is 0 Å². The van der Waals surface area contributed by atoms with Crippen LogP contribution in [0, 0.1) is 19.3 Å². The van der Waals surface area contributed by atoms with Crippen LogP contribution >= 0.6 is 0 Å². The monoisotopic (exact) mass is 225 g/mol. The fraction of sp³-hybridized carbons (Fsp3) is 0.214. The maximum Gasteiger partial charge on any atom is 0.0542 e. The molecule has 0 atom stereocenters.